The van der Waals surface area contributed by atoms with E-state index in [1.54, 1.807) is 24.5 Å². The fraction of sp³-hybridized carbons (Fsp3) is 0.242. The van der Waals surface area contributed by atoms with Crippen molar-refractivity contribution in [1.29, 1.82) is 0 Å². The van der Waals surface area contributed by atoms with Crippen LogP contribution in [0.2, 0.25) is 0 Å². The number of nitrogens with one attached hydrogen (secondary N) is 2. The lowest BCUT2D eigenvalue weighted by Crippen LogP contribution is -2.47. The Morgan fingerprint density at radius 3 is 2.41 bits per heavy atom. The number of hydrogen-bond donors (Lipinski definition) is 2. The van der Waals surface area contributed by atoms with Crippen molar-refractivity contribution in [2.24, 2.45) is 0 Å². The van der Waals surface area contributed by atoms with Crippen molar-refractivity contribution in [2.45, 2.75) is 13.3 Å². The maximum Gasteiger partial charge on any atom is 0.255 e. The summed E-state index contributed by atoms with van der Waals surface area (Å²) in [7, 11) is 0. The van der Waals surface area contributed by atoms with Gasteiger partial charge in [-0.3, -0.25) is 14.7 Å². The number of para-hydroxylation sites is 1. The zero-order valence-electron chi connectivity index (χ0n) is 23.2. The molecule has 1 amide bonds. The van der Waals surface area contributed by atoms with Crippen LogP contribution in [0.15, 0.2) is 91.3 Å². The van der Waals surface area contributed by atoms with Crippen molar-refractivity contribution in [2.75, 3.05) is 49.5 Å². The van der Waals surface area contributed by atoms with Crippen molar-refractivity contribution < 1.29 is 9.53 Å². The van der Waals surface area contributed by atoms with Gasteiger partial charge in [-0.2, -0.15) is 0 Å². The lowest BCUT2D eigenvalue weighted by molar-refractivity contribution is 0.102. The number of carbonyl (C=O) groups excluding carboxylic acids is 1. The van der Waals surface area contributed by atoms with Crippen LogP contribution in [0.3, 0.4) is 0 Å². The number of aromatic nitrogens is 3. The van der Waals surface area contributed by atoms with Gasteiger partial charge in [-0.25, -0.2) is 4.98 Å². The quantitative estimate of drug-likeness (QED) is 0.249. The van der Waals surface area contributed by atoms with Gasteiger partial charge in [-0.1, -0.05) is 37.3 Å². The molecule has 6 rings (SSSR count). The van der Waals surface area contributed by atoms with Crippen LogP contribution in [0.5, 0.6) is 5.75 Å². The van der Waals surface area contributed by atoms with Crippen LogP contribution in [0, 0.1) is 0 Å². The molecule has 8 nitrogen and oxygen atoms in total. The maximum atomic E-state index is 12.3. The van der Waals surface area contributed by atoms with E-state index in [-0.39, 0.29) is 5.91 Å². The van der Waals surface area contributed by atoms with E-state index in [1.165, 1.54) is 11.3 Å². The Kier molecular flexibility index (Phi) is 7.91. The Labute approximate surface area is 240 Å². The van der Waals surface area contributed by atoms with Crippen LogP contribution in [0.25, 0.3) is 22.4 Å². The van der Waals surface area contributed by atoms with E-state index in [1.807, 2.05) is 24.3 Å². The monoisotopic (exact) mass is 546 g/mol. The third kappa shape index (κ3) is 6.23. The number of imidazole rings is 1. The molecule has 0 unspecified atom stereocenters. The van der Waals surface area contributed by atoms with Gasteiger partial charge in [0.25, 0.3) is 5.91 Å². The lowest BCUT2D eigenvalue weighted by atomic mass is 10.1. The Balaban J connectivity index is 0.994. The number of aromatic amines is 1. The van der Waals surface area contributed by atoms with Crippen LogP contribution < -0.4 is 15.0 Å². The first-order chi connectivity index (χ1) is 20.2. The molecule has 1 fully saturated rings. The van der Waals surface area contributed by atoms with Gasteiger partial charge in [-0.05, 0) is 60.5 Å². The van der Waals surface area contributed by atoms with Crippen molar-refractivity contribution >= 4 is 28.3 Å². The highest BCUT2D eigenvalue weighted by atomic mass is 16.5. The van der Waals surface area contributed by atoms with Gasteiger partial charge in [0.15, 0.2) is 0 Å². The van der Waals surface area contributed by atoms with Crippen molar-refractivity contribution in [3.05, 3.63) is 102 Å². The molecule has 2 aromatic heterocycles. The van der Waals surface area contributed by atoms with Crippen LogP contribution in [-0.2, 0) is 6.42 Å². The third-order valence-corrected chi connectivity index (χ3v) is 7.57. The molecule has 3 aromatic carbocycles. The average molecular weight is 547 g/mol. The van der Waals surface area contributed by atoms with Gasteiger partial charge in [0.2, 0.25) is 0 Å². The summed E-state index contributed by atoms with van der Waals surface area (Å²) in [5.74, 6) is 1.54. The van der Waals surface area contributed by atoms with Gasteiger partial charge in [0.1, 0.15) is 23.7 Å². The van der Waals surface area contributed by atoms with Gasteiger partial charge in [0.05, 0.1) is 11.2 Å². The minimum Gasteiger partial charge on any atom is -0.492 e. The molecule has 2 N–H and O–H groups in total. The maximum absolute atomic E-state index is 12.3. The number of piperazine rings is 1. The summed E-state index contributed by atoms with van der Waals surface area (Å²) in [6.07, 6.45) is 4.24. The fourth-order valence-corrected chi connectivity index (χ4v) is 5.15. The normalized spacial score (nSPS) is 13.8. The summed E-state index contributed by atoms with van der Waals surface area (Å²) >= 11 is 0. The van der Waals surface area contributed by atoms with Crippen LogP contribution in [-0.4, -0.2) is 65.1 Å². The second kappa shape index (κ2) is 12.2. The van der Waals surface area contributed by atoms with Gasteiger partial charge < -0.3 is 19.9 Å². The topological polar surface area (TPSA) is 86.4 Å². The Hall–Kier alpha value is -4.69. The number of rotatable bonds is 9. The van der Waals surface area contributed by atoms with Gasteiger partial charge >= 0.3 is 0 Å². The molecule has 1 saturated heterocycles. The van der Waals surface area contributed by atoms with Crippen LogP contribution in [0.1, 0.15) is 22.8 Å². The highest BCUT2D eigenvalue weighted by Gasteiger charge is 2.20. The average Bonchev–Trinajstić information content (AvgIpc) is 3.47. The number of aryl methyl sites for hydroxylation is 1. The first-order valence-corrected chi connectivity index (χ1v) is 14.2. The predicted molar refractivity (Wildman–Crippen MR) is 164 cm³/mol. The summed E-state index contributed by atoms with van der Waals surface area (Å²) < 4.78 is 5.99. The van der Waals surface area contributed by atoms with Crippen molar-refractivity contribution in [1.82, 2.24) is 19.9 Å². The van der Waals surface area contributed by atoms with E-state index in [0.29, 0.717) is 12.2 Å². The van der Waals surface area contributed by atoms with E-state index in [0.717, 1.165) is 73.0 Å². The molecular weight excluding hydrogens is 512 g/mol. The fourth-order valence-electron chi connectivity index (χ4n) is 5.15. The number of fused-ring (bicyclic) bond motifs is 1. The second-order valence-electron chi connectivity index (χ2n) is 10.2. The molecule has 8 heteroatoms. The Morgan fingerprint density at radius 1 is 0.927 bits per heavy atom. The highest BCUT2D eigenvalue weighted by Crippen LogP contribution is 2.29. The van der Waals surface area contributed by atoms with E-state index in [9.17, 15) is 4.79 Å². The van der Waals surface area contributed by atoms with Crippen LogP contribution >= 0.6 is 0 Å². The number of amides is 1. The Morgan fingerprint density at radius 2 is 1.68 bits per heavy atom. The van der Waals surface area contributed by atoms with Crippen LogP contribution in [0.4, 0.5) is 11.4 Å². The molecule has 41 heavy (non-hydrogen) atoms. The van der Waals surface area contributed by atoms with E-state index >= 15 is 0 Å². The molecule has 0 spiro atoms. The molecule has 1 aliphatic heterocycles. The summed E-state index contributed by atoms with van der Waals surface area (Å²) in [5.41, 5.74) is 7.01. The lowest BCUT2D eigenvalue weighted by Gasteiger charge is -2.36. The molecule has 0 bridgehead atoms. The van der Waals surface area contributed by atoms with Crippen molar-refractivity contribution in [3.63, 3.8) is 0 Å². The minimum absolute atomic E-state index is 0.161. The smallest absolute Gasteiger partial charge is 0.255 e. The van der Waals surface area contributed by atoms with Gasteiger partial charge in [0, 0.05) is 61.9 Å². The standard InChI is InChI=1S/C33H34N6O2/c1-2-24-6-8-25(9-7-24)32-36-29-4-3-5-30(31(29)37-32)39-20-18-38(19-21-39)22-23-41-28-12-10-27(11-13-28)35-33(40)26-14-16-34-17-15-26/h3-17H,2,18-23H2,1H3,(H,35,40)(H,36,37). The van der Waals surface area contributed by atoms with E-state index in [4.69, 9.17) is 9.72 Å². The van der Waals surface area contributed by atoms with Gasteiger partial charge in [-0.15, -0.1) is 0 Å². The molecule has 5 aromatic rings. The van der Waals surface area contributed by atoms with Crippen molar-refractivity contribution in [3.8, 4) is 17.1 Å². The summed E-state index contributed by atoms with van der Waals surface area (Å²) in [6, 6.07) is 25.9. The minimum atomic E-state index is -0.161. The highest BCUT2D eigenvalue weighted by molar-refractivity contribution is 6.04. The van der Waals surface area contributed by atoms with E-state index < -0.39 is 0 Å². The molecule has 0 aliphatic carbocycles. The second-order valence-corrected chi connectivity index (χ2v) is 10.2. The summed E-state index contributed by atoms with van der Waals surface area (Å²) in [6.45, 7) is 7.46. The Bertz CT molecular complexity index is 1590. The number of pyridine rings is 1. The number of nitrogens with zero attached hydrogens (tertiary/aromatic N) is 4. The number of carbonyl (C=O) groups is 1. The molecule has 0 saturated carbocycles. The third-order valence-electron chi connectivity index (χ3n) is 7.57. The number of ether oxygens (including phenoxy) is 1. The molecule has 0 atom stereocenters. The molecule has 208 valence electrons. The number of H-pyrrole nitrogens is 1. The number of benzene rings is 3. The molecule has 3 heterocycles. The zero-order valence-corrected chi connectivity index (χ0v) is 23.2. The molecule has 0 radical (unpaired) electrons. The molecular formula is C33H34N6O2. The first-order valence-electron chi connectivity index (χ1n) is 14.2. The summed E-state index contributed by atoms with van der Waals surface area (Å²) in [4.78, 5) is 29.6. The van der Waals surface area contributed by atoms with E-state index in [2.05, 4.69) is 74.5 Å². The SMILES string of the molecule is CCc1ccc(-c2nc3c(N4CCN(CCOc5ccc(NC(=O)c6ccncc6)cc5)CC4)cccc3[nH]2)cc1. The largest absolute Gasteiger partial charge is 0.492 e. The molecule has 1 aliphatic rings. The summed E-state index contributed by atoms with van der Waals surface area (Å²) in [5, 5.41) is 2.89. The zero-order chi connectivity index (χ0) is 28.0. The number of anilines is 2. The number of hydrogen-bond acceptors (Lipinski definition) is 6. The first kappa shape index (κ1) is 26.5. The predicted octanol–water partition coefficient (Wildman–Crippen LogP) is 5.64.